The third kappa shape index (κ3) is 3.69. The van der Waals surface area contributed by atoms with E-state index >= 15 is 0 Å². The molecule has 1 rings (SSSR count). The standard InChI is InChI=1S/C11H16N2O2/c12-8-9-3-1-4-10(7-9)11(15)13-5-2-6-14/h1,3-4,7,14H,2,5-6,8,12H2,(H,13,15). The van der Waals surface area contributed by atoms with E-state index in [1.54, 1.807) is 12.1 Å². The highest BCUT2D eigenvalue weighted by molar-refractivity contribution is 5.94. The topological polar surface area (TPSA) is 75.4 Å². The Balaban J connectivity index is 2.57. The van der Waals surface area contributed by atoms with E-state index in [2.05, 4.69) is 5.32 Å². The zero-order valence-electron chi connectivity index (χ0n) is 8.57. The summed E-state index contributed by atoms with van der Waals surface area (Å²) in [6.07, 6.45) is 0.572. The lowest BCUT2D eigenvalue weighted by atomic mass is 10.1. The molecule has 0 saturated heterocycles. The van der Waals surface area contributed by atoms with Crippen molar-refractivity contribution in [3.05, 3.63) is 35.4 Å². The third-order valence-corrected chi connectivity index (χ3v) is 2.05. The summed E-state index contributed by atoms with van der Waals surface area (Å²) in [5, 5.41) is 11.3. The van der Waals surface area contributed by atoms with Crippen LogP contribution in [0.5, 0.6) is 0 Å². The maximum Gasteiger partial charge on any atom is 0.251 e. The molecule has 0 saturated carbocycles. The van der Waals surface area contributed by atoms with Gasteiger partial charge < -0.3 is 16.2 Å². The van der Waals surface area contributed by atoms with Gasteiger partial charge in [0.25, 0.3) is 5.91 Å². The molecule has 0 fully saturated rings. The van der Waals surface area contributed by atoms with Gasteiger partial charge in [0, 0.05) is 25.3 Å². The van der Waals surface area contributed by atoms with Gasteiger partial charge in [-0.2, -0.15) is 0 Å². The predicted octanol–water partition coefficient (Wildman–Crippen LogP) is 0.257. The van der Waals surface area contributed by atoms with Crippen LogP contribution < -0.4 is 11.1 Å². The average Bonchev–Trinajstić information content (AvgIpc) is 2.29. The molecule has 1 aromatic rings. The average molecular weight is 208 g/mol. The van der Waals surface area contributed by atoms with Crippen LogP contribution in [-0.4, -0.2) is 24.2 Å². The summed E-state index contributed by atoms with van der Waals surface area (Å²) in [5.41, 5.74) is 7.02. The fourth-order valence-electron chi connectivity index (χ4n) is 1.22. The molecule has 0 heterocycles. The van der Waals surface area contributed by atoms with Crippen LogP contribution in [0.4, 0.5) is 0 Å². The van der Waals surface area contributed by atoms with Crippen LogP contribution in [0.15, 0.2) is 24.3 Å². The van der Waals surface area contributed by atoms with E-state index in [1.165, 1.54) is 0 Å². The maximum atomic E-state index is 11.6. The Bertz CT molecular complexity index is 326. The Morgan fingerprint density at radius 3 is 2.93 bits per heavy atom. The first-order valence-electron chi connectivity index (χ1n) is 4.96. The normalized spacial score (nSPS) is 10.0. The van der Waals surface area contributed by atoms with E-state index < -0.39 is 0 Å². The fourth-order valence-corrected chi connectivity index (χ4v) is 1.22. The van der Waals surface area contributed by atoms with Crippen LogP contribution in [0.2, 0.25) is 0 Å². The highest BCUT2D eigenvalue weighted by atomic mass is 16.3. The molecule has 82 valence electrons. The molecule has 15 heavy (non-hydrogen) atoms. The van der Waals surface area contributed by atoms with E-state index in [9.17, 15) is 4.79 Å². The van der Waals surface area contributed by atoms with Gasteiger partial charge in [-0.25, -0.2) is 0 Å². The summed E-state index contributed by atoms with van der Waals surface area (Å²) < 4.78 is 0. The van der Waals surface area contributed by atoms with Gasteiger partial charge in [-0.15, -0.1) is 0 Å². The molecule has 0 aliphatic heterocycles. The maximum absolute atomic E-state index is 11.6. The van der Waals surface area contributed by atoms with Gasteiger partial charge in [-0.3, -0.25) is 4.79 Å². The molecule has 0 aromatic heterocycles. The highest BCUT2D eigenvalue weighted by Crippen LogP contribution is 2.04. The molecule has 4 N–H and O–H groups in total. The van der Waals surface area contributed by atoms with Gasteiger partial charge in [-0.1, -0.05) is 12.1 Å². The zero-order chi connectivity index (χ0) is 11.1. The van der Waals surface area contributed by atoms with Crippen LogP contribution in [0, 0.1) is 0 Å². The van der Waals surface area contributed by atoms with E-state index in [-0.39, 0.29) is 12.5 Å². The minimum Gasteiger partial charge on any atom is -0.396 e. The number of benzene rings is 1. The number of aliphatic hydroxyl groups excluding tert-OH is 1. The van der Waals surface area contributed by atoms with Crippen molar-refractivity contribution < 1.29 is 9.90 Å². The Morgan fingerprint density at radius 2 is 2.27 bits per heavy atom. The molecule has 0 spiro atoms. The lowest BCUT2D eigenvalue weighted by molar-refractivity contribution is 0.0951. The highest BCUT2D eigenvalue weighted by Gasteiger charge is 2.04. The molecule has 0 unspecified atom stereocenters. The number of hydrogen-bond donors (Lipinski definition) is 3. The molecule has 0 aliphatic rings. The molecule has 0 bridgehead atoms. The van der Waals surface area contributed by atoms with E-state index in [4.69, 9.17) is 10.8 Å². The number of aliphatic hydroxyl groups is 1. The number of nitrogens with one attached hydrogen (secondary N) is 1. The van der Waals surface area contributed by atoms with Crippen LogP contribution in [-0.2, 0) is 6.54 Å². The van der Waals surface area contributed by atoms with Crippen molar-refractivity contribution in [3.63, 3.8) is 0 Å². The first-order chi connectivity index (χ1) is 7.27. The van der Waals surface area contributed by atoms with Gasteiger partial charge in [0.05, 0.1) is 0 Å². The van der Waals surface area contributed by atoms with Gasteiger partial charge >= 0.3 is 0 Å². The van der Waals surface area contributed by atoms with E-state index in [0.717, 1.165) is 5.56 Å². The molecule has 0 aliphatic carbocycles. The van der Waals surface area contributed by atoms with E-state index in [1.807, 2.05) is 12.1 Å². The number of carbonyl (C=O) groups excluding carboxylic acids is 1. The van der Waals surface area contributed by atoms with Crippen molar-refractivity contribution in [2.24, 2.45) is 5.73 Å². The number of hydrogen-bond acceptors (Lipinski definition) is 3. The quantitative estimate of drug-likeness (QED) is 0.607. The second kappa shape index (κ2) is 6.16. The van der Waals surface area contributed by atoms with Gasteiger partial charge in [0.1, 0.15) is 0 Å². The second-order valence-electron chi connectivity index (χ2n) is 3.24. The van der Waals surface area contributed by atoms with Crippen molar-refractivity contribution in [1.82, 2.24) is 5.32 Å². The molecular weight excluding hydrogens is 192 g/mol. The van der Waals surface area contributed by atoms with Crippen LogP contribution in [0.1, 0.15) is 22.3 Å². The Kier molecular flexibility index (Phi) is 4.80. The molecular formula is C11H16N2O2. The van der Waals surface area contributed by atoms with Crippen molar-refractivity contribution in [3.8, 4) is 0 Å². The SMILES string of the molecule is NCc1cccc(C(=O)NCCCO)c1. The number of nitrogens with two attached hydrogens (primary N) is 1. The molecule has 4 heteroatoms. The Labute approximate surface area is 89.1 Å². The second-order valence-corrected chi connectivity index (χ2v) is 3.24. The fraction of sp³-hybridized carbons (Fsp3) is 0.364. The summed E-state index contributed by atoms with van der Waals surface area (Å²) >= 11 is 0. The molecule has 1 aromatic carbocycles. The van der Waals surface area contributed by atoms with Gasteiger partial charge in [-0.05, 0) is 24.1 Å². The first kappa shape index (κ1) is 11.7. The molecule has 4 nitrogen and oxygen atoms in total. The first-order valence-corrected chi connectivity index (χ1v) is 4.96. The van der Waals surface area contributed by atoms with Crippen molar-refractivity contribution >= 4 is 5.91 Å². The zero-order valence-corrected chi connectivity index (χ0v) is 8.57. The Morgan fingerprint density at radius 1 is 1.47 bits per heavy atom. The van der Waals surface area contributed by atoms with Crippen LogP contribution >= 0.6 is 0 Å². The van der Waals surface area contributed by atoms with Gasteiger partial charge in [0.15, 0.2) is 0 Å². The van der Waals surface area contributed by atoms with Crippen molar-refractivity contribution in [1.29, 1.82) is 0 Å². The summed E-state index contributed by atoms with van der Waals surface area (Å²) in [4.78, 5) is 11.6. The van der Waals surface area contributed by atoms with Crippen molar-refractivity contribution in [2.45, 2.75) is 13.0 Å². The Hall–Kier alpha value is -1.39. The predicted molar refractivity (Wildman–Crippen MR) is 58.4 cm³/mol. The van der Waals surface area contributed by atoms with Crippen molar-refractivity contribution in [2.75, 3.05) is 13.2 Å². The molecule has 0 radical (unpaired) electrons. The lowest BCUT2D eigenvalue weighted by Gasteiger charge is -2.05. The minimum atomic E-state index is -0.126. The molecule has 0 atom stereocenters. The monoisotopic (exact) mass is 208 g/mol. The van der Waals surface area contributed by atoms with Gasteiger partial charge in [0.2, 0.25) is 0 Å². The number of rotatable bonds is 5. The van der Waals surface area contributed by atoms with E-state index in [0.29, 0.717) is 25.1 Å². The summed E-state index contributed by atoms with van der Waals surface area (Å²) in [5.74, 6) is -0.126. The summed E-state index contributed by atoms with van der Waals surface area (Å²) in [6.45, 7) is 1.00. The third-order valence-electron chi connectivity index (χ3n) is 2.05. The molecule has 1 amide bonds. The minimum absolute atomic E-state index is 0.0864. The largest absolute Gasteiger partial charge is 0.396 e. The lowest BCUT2D eigenvalue weighted by Crippen LogP contribution is -2.25. The van der Waals surface area contributed by atoms with Crippen LogP contribution in [0.25, 0.3) is 0 Å². The summed E-state index contributed by atoms with van der Waals surface area (Å²) in [7, 11) is 0. The number of carbonyl (C=O) groups is 1. The summed E-state index contributed by atoms with van der Waals surface area (Å²) in [6, 6.07) is 7.20. The number of amides is 1. The van der Waals surface area contributed by atoms with Crippen LogP contribution in [0.3, 0.4) is 0 Å². The smallest absolute Gasteiger partial charge is 0.251 e.